The van der Waals surface area contributed by atoms with Crippen LogP contribution in [0.3, 0.4) is 0 Å². The van der Waals surface area contributed by atoms with Crippen LogP contribution in [-0.2, 0) is 7.05 Å². The van der Waals surface area contributed by atoms with Crippen molar-refractivity contribution in [1.82, 2.24) is 9.55 Å². The van der Waals surface area contributed by atoms with Gasteiger partial charge < -0.3 is 9.67 Å². The molecule has 0 bridgehead atoms. The van der Waals surface area contributed by atoms with Gasteiger partial charge in [-0.05, 0) is 24.3 Å². The molecule has 4 heteroatoms. The second-order valence-electron chi connectivity index (χ2n) is 3.04. The van der Waals surface area contributed by atoms with E-state index < -0.39 is 0 Å². The lowest BCUT2D eigenvalue weighted by Gasteiger charge is -2.00. The molecule has 2 aromatic rings. The fourth-order valence-corrected chi connectivity index (χ4v) is 1.44. The lowest BCUT2D eigenvalue weighted by molar-refractivity contribution is 0.456. The highest BCUT2D eigenvalue weighted by molar-refractivity contribution is 6.30. The van der Waals surface area contributed by atoms with Crippen molar-refractivity contribution in [3.8, 4) is 17.3 Å². The molecule has 0 spiro atoms. The largest absolute Gasteiger partial charge is 0.492 e. The van der Waals surface area contributed by atoms with Gasteiger partial charge in [0, 0.05) is 17.6 Å². The minimum atomic E-state index is 0.0254. The quantitative estimate of drug-likeness (QED) is 0.782. The molecule has 1 N–H and O–H groups in total. The van der Waals surface area contributed by atoms with Gasteiger partial charge in [-0.2, -0.15) is 4.98 Å². The minimum absolute atomic E-state index is 0.0254. The van der Waals surface area contributed by atoms with Crippen molar-refractivity contribution in [2.45, 2.75) is 0 Å². The van der Waals surface area contributed by atoms with Gasteiger partial charge in [-0.1, -0.05) is 11.6 Å². The molecule has 3 nitrogen and oxygen atoms in total. The number of imidazole rings is 1. The van der Waals surface area contributed by atoms with Crippen LogP contribution in [0.1, 0.15) is 0 Å². The summed E-state index contributed by atoms with van der Waals surface area (Å²) in [5.41, 5.74) is 0.928. The van der Waals surface area contributed by atoms with E-state index >= 15 is 0 Å². The number of hydrogen-bond donors (Lipinski definition) is 1. The SMILES string of the molecule is Cn1cc(O)nc1-c1ccc(Cl)cc1. The molecule has 0 aliphatic rings. The van der Waals surface area contributed by atoms with E-state index in [4.69, 9.17) is 11.6 Å². The summed E-state index contributed by atoms with van der Waals surface area (Å²) < 4.78 is 1.76. The predicted molar refractivity (Wildman–Crippen MR) is 55.3 cm³/mol. The first-order valence-electron chi connectivity index (χ1n) is 4.15. The summed E-state index contributed by atoms with van der Waals surface area (Å²) in [5.74, 6) is 0.747. The van der Waals surface area contributed by atoms with Crippen LogP contribution >= 0.6 is 11.6 Å². The molecule has 1 aromatic carbocycles. The van der Waals surface area contributed by atoms with E-state index in [2.05, 4.69) is 4.98 Å². The van der Waals surface area contributed by atoms with E-state index in [0.29, 0.717) is 5.02 Å². The van der Waals surface area contributed by atoms with E-state index in [-0.39, 0.29) is 5.88 Å². The smallest absolute Gasteiger partial charge is 0.229 e. The van der Waals surface area contributed by atoms with Gasteiger partial charge in [-0.3, -0.25) is 0 Å². The van der Waals surface area contributed by atoms with Crippen molar-refractivity contribution in [2.75, 3.05) is 0 Å². The molecule has 0 fully saturated rings. The molecule has 2 rings (SSSR count). The van der Waals surface area contributed by atoms with E-state index in [1.165, 1.54) is 0 Å². The fourth-order valence-electron chi connectivity index (χ4n) is 1.32. The van der Waals surface area contributed by atoms with E-state index in [1.54, 1.807) is 22.9 Å². The van der Waals surface area contributed by atoms with Crippen LogP contribution in [0.25, 0.3) is 11.4 Å². The van der Waals surface area contributed by atoms with Gasteiger partial charge in [0.05, 0.1) is 6.20 Å². The number of aromatic hydroxyl groups is 1. The molecule has 0 saturated carbocycles. The maximum Gasteiger partial charge on any atom is 0.229 e. The molecule has 0 radical (unpaired) electrons. The number of nitrogens with zero attached hydrogens (tertiary/aromatic N) is 2. The van der Waals surface area contributed by atoms with Gasteiger partial charge in [0.2, 0.25) is 5.88 Å². The standard InChI is InChI=1S/C10H9ClN2O/c1-13-6-9(14)12-10(13)7-2-4-8(11)5-3-7/h2-6,14H,1H3. The summed E-state index contributed by atoms with van der Waals surface area (Å²) >= 11 is 5.77. The van der Waals surface area contributed by atoms with Crippen LogP contribution < -0.4 is 0 Å². The van der Waals surface area contributed by atoms with Crippen LogP contribution in [0, 0.1) is 0 Å². The summed E-state index contributed by atoms with van der Waals surface area (Å²) in [6.07, 6.45) is 1.56. The number of aromatic nitrogens is 2. The Hall–Kier alpha value is -1.48. The number of rotatable bonds is 1. The lowest BCUT2D eigenvalue weighted by Crippen LogP contribution is -1.90. The summed E-state index contributed by atoms with van der Waals surface area (Å²) in [6.45, 7) is 0. The van der Waals surface area contributed by atoms with Gasteiger partial charge >= 0.3 is 0 Å². The van der Waals surface area contributed by atoms with E-state index in [0.717, 1.165) is 11.4 Å². The minimum Gasteiger partial charge on any atom is -0.492 e. The van der Waals surface area contributed by atoms with Crippen molar-refractivity contribution >= 4 is 11.6 Å². The highest BCUT2D eigenvalue weighted by atomic mass is 35.5. The maximum absolute atomic E-state index is 9.19. The van der Waals surface area contributed by atoms with Gasteiger partial charge in [0.1, 0.15) is 5.82 Å². The van der Waals surface area contributed by atoms with Gasteiger partial charge in [0.15, 0.2) is 0 Å². The van der Waals surface area contributed by atoms with Crippen LogP contribution in [0.4, 0.5) is 0 Å². The third kappa shape index (κ3) is 1.59. The van der Waals surface area contributed by atoms with Crippen molar-refractivity contribution in [3.63, 3.8) is 0 Å². The molecule has 0 aliphatic carbocycles. The van der Waals surface area contributed by atoms with Gasteiger partial charge in [-0.25, -0.2) is 0 Å². The summed E-state index contributed by atoms with van der Waals surface area (Å²) in [4.78, 5) is 3.99. The van der Waals surface area contributed by atoms with Gasteiger partial charge in [0.25, 0.3) is 0 Å². The third-order valence-electron chi connectivity index (χ3n) is 1.97. The van der Waals surface area contributed by atoms with Crippen LogP contribution in [0.5, 0.6) is 5.88 Å². The number of aryl methyl sites for hydroxylation is 1. The zero-order chi connectivity index (χ0) is 10.1. The molecule has 0 aliphatic heterocycles. The molecule has 0 unspecified atom stereocenters. The Morgan fingerprint density at radius 3 is 2.43 bits per heavy atom. The Morgan fingerprint density at radius 2 is 1.93 bits per heavy atom. The molecule has 72 valence electrons. The second-order valence-corrected chi connectivity index (χ2v) is 3.48. The normalized spacial score (nSPS) is 10.4. The average molecular weight is 209 g/mol. The van der Waals surface area contributed by atoms with Crippen LogP contribution in [0.2, 0.25) is 5.02 Å². The first kappa shape index (κ1) is 9.09. The molecule has 0 amide bonds. The number of benzene rings is 1. The molecular weight excluding hydrogens is 200 g/mol. The fraction of sp³-hybridized carbons (Fsp3) is 0.100. The second kappa shape index (κ2) is 3.35. The van der Waals surface area contributed by atoms with Crippen molar-refractivity contribution in [1.29, 1.82) is 0 Å². The predicted octanol–water partition coefficient (Wildman–Crippen LogP) is 2.45. The topological polar surface area (TPSA) is 38.0 Å². The first-order valence-corrected chi connectivity index (χ1v) is 4.53. The Bertz CT molecular complexity index is 448. The Morgan fingerprint density at radius 1 is 1.29 bits per heavy atom. The van der Waals surface area contributed by atoms with E-state index in [9.17, 15) is 5.11 Å². The lowest BCUT2D eigenvalue weighted by atomic mass is 10.2. The Kier molecular flexibility index (Phi) is 2.17. The van der Waals surface area contributed by atoms with E-state index in [1.807, 2.05) is 19.2 Å². The molecular formula is C10H9ClN2O. The number of hydrogen-bond acceptors (Lipinski definition) is 2. The maximum atomic E-state index is 9.19. The molecule has 1 heterocycles. The zero-order valence-corrected chi connectivity index (χ0v) is 8.36. The molecule has 14 heavy (non-hydrogen) atoms. The van der Waals surface area contributed by atoms with Crippen LogP contribution in [-0.4, -0.2) is 14.7 Å². The summed E-state index contributed by atoms with van der Waals surface area (Å²) in [6, 6.07) is 7.32. The number of halogens is 1. The molecule has 0 atom stereocenters. The van der Waals surface area contributed by atoms with Crippen molar-refractivity contribution in [2.24, 2.45) is 7.05 Å². The highest BCUT2D eigenvalue weighted by Crippen LogP contribution is 2.22. The first-order chi connectivity index (χ1) is 6.66. The third-order valence-corrected chi connectivity index (χ3v) is 2.22. The highest BCUT2D eigenvalue weighted by Gasteiger charge is 2.05. The monoisotopic (exact) mass is 208 g/mol. The Balaban J connectivity index is 2.49. The molecule has 1 aromatic heterocycles. The summed E-state index contributed by atoms with van der Waals surface area (Å²) in [5, 5.41) is 9.88. The van der Waals surface area contributed by atoms with Crippen molar-refractivity contribution in [3.05, 3.63) is 35.5 Å². The summed E-state index contributed by atoms with van der Waals surface area (Å²) in [7, 11) is 1.83. The zero-order valence-electron chi connectivity index (χ0n) is 7.61. The van der Waals surface area contributed by atoms with Gasteiger partial charge in [-0.15, -0.1) is 0 Å². The van der Waals surface area contributed by atoms with Crippen molar-refractivity contribution < 1.29 is 5.11 Å². The molecule has 0 saturated heterocycles. The Labute approximate surface area is 86.6 Å². The van der Waals surface area contributed by atoms with Crippen LogP contribution in [0.15, 0.2) is 30.5 Å². The average Bonchev–Trinajstić information content (AvgIpc) is 2.47.